The molecule has 1 N–H and O–H groups in total. The minimum absolute atomic E-state index is 0.0764. The number of hydrogen-bond donors (Lipinski definition) is 1. The first kappa shape index (κ1) is 20.7. The Kier molecular flexibility index (Phi) is 5.69. The smallest absolute Gasteiger partial charge is 0.264 e. The summed E-state index contributed by atoms with van der Waals surface area (Å²) in [6, 6.07) is 11.2. The number of rotatable bonds is 7. The molecule has 0 spiro atoms. The van der Waals surface area contributed by atoms with Crippen LogP contribution in [0, 0.1) is 17.7 Å². The normalized spacial score (nSPS) is 22.7. The molecule has 2 fully saturated rings. The number of amides is 1. The van der Waals surface area contributed by atoms with Crippen LogP contribution in [0.1, 0.15) is 25.7 Å². The van der Waals surface area contributed by atoms with Gasteiger partial charge in [-0.2, -0.15) is 0 Å². The molecule has 8 heteroatoms. The molecular weight excluding hydrogens is 407 g/mol. The highest BCUT2D eigenvalue weighted by molar-refractivity contribution is 7.92. The largest absolute Gasteiger partial charge is 0.497 e. The van der Waals surface area contributed by atoms with E-state index in [-0.39, 0.29) is 23.4 Å². The van der Waals surface area contributed by atoms with Gasteiger partial charge in [-0.1, -0.05) is 6.42 Å². The Morgan fingerprint density at radius 1 is 1.10 bits per heavy atom. The van der Waals surface area contributed by atoms with Gasteiger partial charge >= 0.3 is 0 Å². The summed E-state index contributed by atoms with van der Waals surface area (Å²) in [4.78, 5) is 12.7. The monoisotopic (exact) mass is 432 g/mol. The SMILES string of the molecule is COc1ccc(N(CC(=O)N[C@H]2C[C@@H]3CC[C@@H]2C3)S(=O)(=O)c2ccc(F)cc2)cc1. The van der Waals surface area contributed by atoms with Crippen LogP contribution in [0.4, 0.5) is 10.1 Å². The molecule has 4 rings (SSSR count). The molecular formula is C22H25FN2O4S. The number of halogens is 1. The number of benzene rings is 2. The summed E-state index contributed by atoms with van der Waals surface area (Å²) in [7, 11) is -2.55. The number of anilines is 1. The Hall–Kier alpha value is -2.61. The molecule has 2 aliphatic carbocycles. The van der Waals surface area contributed by atoms with Crippen LogP contribution < -0.4 is 14.4 Å². The topological polar surface area (TPSA) is 75.7 Å². The summed E-state index contributed by atoms with van der Waals surface area (Å²) in [5.74, 6) is 0.861. The average molecular weight is 433 g/mol. The Bertz CT molecular complexity index is 1010. The zero-order valence-electron chi connectivity index (χ0n) is 16.8. The van der Waals surface area contributed by atoms with Crippen LogP contribution in [0.2, 0.25) is 0 Å². The second kappa shape index (κ2) is 8.26. The molecule has 2 saturated carbocycles. The molecule has 0 saturated heterocycles. The van der Waals surface area contributed by atoms with Crippen LogP contribution in [0.15, 0.2) is 53.4 Å². The molecule has 2 bridgehead atoms. The summed E-state index contributed by atoms with van der Waals surface area (Å²) >= 11 is 0. The molecule has 3 atom stereocenters. The maximum absolute atomic E-state index is 13.3. The molecule has 30 heavy (non-hydrogen) atoms. The molecule has 2 aromatic rings. The molecule has 0 radical (unpaired) electrons. The number of carbonyl (C=O) groups is 1. The van der Waals surface area contributed by atoms with Gasteiger partial charge in [0.2, 0.25) is 5.91 Å². The van der Waals surface area contributed by atoms with Crippen molar-refractivity contribution in [3.8, 4) is 5.75 Å². The van der Waals surface area contributed by atoms with E-state index in [1.165, 1.54) is 25.7 Å². The summed E-state index contributed by atoms with van der Waals surface area (Å²) < 4.78 is 46.1. The number of nitrogens with one attached hydrogen (secondary N) is 1. The molecule has 1 amide bonds. The third-order valence-corrected chi connectivity index (χ3v) is 7.92. The van der Waals surface area contributed by atoms with Gasteiger partial charge in [0.25, 0.3) is 10.0 Å². The Morgan fingerprint density at radius 3 is 2.37 bits per heavy atom. The molecule has 0 heterocycles. The molecule has 0 aliphatic heterocycles. The zero-order chi connectivity index (χ0) is 21.3. The molecule has 0 aromatic heterocycles. The second-order valence-corrected chi connectivity index (χ2v) is 9.87. The lowest BCUT2D eigenvalue weighted by atomic mass is 9.95. The van der Waals surface area contributed by atoms with Crippen LogP contribution in [0.3, 0.4) is 0 Å². The molecule has 2 aliphatic rings. The molecule has 160 valence electrons. The van der Waals surface area contributed by atoms with Gasteiger partial charge in [0.05, 0.1) is 17.7 Å². The van der Waals surface area contributed by atoms with Crippen LogP contribution in [-0.2, 0) is 14.8 Å². The van der Waals surface area contributed by atoms with Gasteiger partial charge in [0.1, 0.15) is 18.1 Å². The number of hydrogen-bond acceptors (Lipinski definition) is 4. The van der Waals surface area contributed by atoms with Crippen LogP contribution in [0.5, 0.6) is 5.75 Å². The maximum Gasteiger partial charge on any atom is 0.264 e. The van der Waals surface area contributed by atoms with Crippen molar-refractivity contribution < 1.29 is 22.3 Å². The fraction of sp³-hybridized carbons (Fsp3) is 0.409. The lowest BCUT2D eigenvalue weighted by Crippen LogP contribution is -2.46. The average Bonchev–Trinajstić information content (AvgIpc) is 3.35. The van der Waals surface area contributed by atoms with Crippen molar-refractivity contribution in [3.63, 3.8) is 0 Å². The van der Waals surface area contributed by atoms with Gasteiger partial charge in [0.15, 0.2) is 0 Å². The van der Waals surface area contributed by atoms with E-state index in [4.69, 9.17) is 4.74 Å². The van der Waals surface area contributed by atoms with E-state index in [1.54, 1.807) is 24.3 Å². The number of nitrogens with zero attached hydrogens (tertiary/aromatic N) is 1. The number of sulfonamides is 1. The van der Waals surface area contributed by atoms with E-state index in [9.17, 15) is 17.6 Å². The standard InChI is InChI=1S/C22H25FN2O4S/c1-29-19-8-6-18(7-9-19)25(30(27,28)20-10-4-17(23)5-11-20)14-22(26)24-21-13-15-2-3-16(21)12-15/h4-11,15-16,21H,2-3,12-14H2,1H3,(H,24,26)/t15-,16-,21+/m1/s1. The zero-order valence-corrected chi connectivity index (χ0v) is 17.6. The third kappa shape index (κ3) is 4.14. The maximum atomic E-state index is 13.3. The second-order valence-electron chi connectivity index (χ2n) is 8.01. The van der Waals surface area contributed by atoms with Gasteiger partial charge in [0, 0.05) is 6.04 Å². The number of carbonyl (C=O) groups excluding carboxylic acids is 1. The molecule has 0 unspecified atom stereocenters. The minimum Gasteiger partial charge on any atom is -0.497 e. The van der Waals surface area contributed by atoms with Gasteiger partial charge < -0.3 is 10.1 Å². The van der Waals surface area contributed by atoms with E-state index < -0.39 is 15.8 Å². The predicted octanol–water partition coefficient (Wildman–Crippen LogP) is 3.33. The van der Waals surface area contributed by atoms with E-state index >= 15 is 0 Å². The van der Waals surface area contributed by atoms with E-state index in [0.29, 0.717) is 23.3 Å². The van der Waals surface area contributed by atoms with Gasteiger partial charge in [-0.25, -0.2) is 12.8 Å². The van der Waals surface area contributed by atoms with E-state index in [2.05, 4.69) is 5.32 Å². The lowest BCUT2D eigenvalue weighted by molar-refractivity contribution is -0.120. The highest BCUT2D eigenvalue weighted by Crippen LogP contribution is 2.44. The summed E-state index contributed by atoms with van der Waals surface area (Å²) in [6.07, 6.45) is 4.43. The summed E-state index contributed by atoms with van der Waals surface area (Å²) in [5, 5.41) is 3.04. The Morgan fingerprint density at radius 2 is 1.80 bits per heavy atom. The number of methoxy groups -OCH3 is 1. The first-order chi connectivity index (χ1) is 14.4. The van der Waals surface area contributed by atoms with Gasteiger partial charge in [-0.15, -0.1) is 0 Å². The highest BCUT2D eigenvalue weighted by Gasteiger charge is 2.40. The first-order valence-electron chi connectivity index (χ1n) is 10.1. The fourth-order valence-electron chi connectivity index (χ4n) is 4.60. The Balaban J connectivity index is 1.59. The van der Waals surface area contributed by atoms with Crippen molar-refractivity contribution in [3.05, 3.63) is 54.3 Å². The Labute approximate surface area is 176 Å². The van der Waals surface area contributed by atoms with Crippen molar-refractivity contribution in [1.29, 1.82) is 0 Å². The van der Waals surface area contributed by atoms with Crippen molar-refractivity contribution in [2.75, 3.05) is 18.0 Å². The van der Waals surface area contributed by atoms with Crippen molar-refractivity contribution in [2.24, 2.45) is 11.8 Å². The number of ether oxygens (including phenoxy) is 1. The van der Waals surface area contributed by atoms with Gasteiger partial charge in [-0.3, -0.25) is 9.10 Å². The summed E-state index contributed by atoms with van der Waals surface area (Å²) in [6.45, 7) is -0.347. The third-order valence-electron chi connectivity index (χ3n) is 6.13. The first-order valence-corrected chi connectivity index (χ1v) is 11.5. The molecule has 6 nitrogen and oxygen atoms in total. The van der Waals surface area contributed by atoms with Crippen molar-refractivity contribution in [2.45, 2.75) is 36.6 Å². The molecule has 2 aromatic carbocycles. The minimum atomic E-state index is -4.06. The van der Waals surface area contributed by atoms with Crippen LogP contribution in [-0.4, -0.2) is 34.0 Å². The van der Waals surface area contributed by atoms with Crippen LogP contribution in [0.25, 0.3) is 0 Å². The van der Waals surface area contributed by atoms with E-state index in [0.717, 1.165) is 35.7 Å². The quantitative estimate of drug-likeness (QED) is 0.728. The number of fused-ring (bicyclic) bond motifs is 2. The predicted molar refractivity (Wildman–Crippen MR) is 111 cm³/mol. The highest BCUT2D eigenvalue weighted by atomic mass is 32.2. The van der Waals surface area contributed by atoms with Crippen LogP contribution >= 0.6 is 0 Å². The van der Waals surface area contributed by atoms with Crippen molar-refractivity contribution >= 4 is 21.6 Å². The van der Waals surface area contributed by atoms with Gasteiger partial charge in [-0.05, 0) is 79.6 Å². The fourth-order valence-corrected chi connectivity index (χ4v) is 6.02. The van der Waals surface area contributed by atoms with Crippen molar-refractivity contribution in [1.82, 2.24) is 5.32 Å². The summed E-state index contributed by atoms with van der Waals surface area (Å²) in [5.41, 5.74) is 0.336. The van der Waals surface area contributed by atoms with E-state index in [1.807, 2.05) is 0 Å². The lowest BCUT2D eigenvalue weighted by Gasteiger charge is -2.27.